The Hall–Kier alpha value is -3.15. The molecule has 4 aliphatic carbocycles. The standard InChI is InChI=1S/C27H28N2O4/c1-31-23-8-7-21(12-22(23)27-13-16-9-17(14-27)11-18(10-16)15-27)25-29-28-24(33-25)19-3-5-20(6-4-19)26(30)32-2/h3-8,12,16-18H,9-11,13-15H2,1-2H3. The highest BCUT2D eigenvalue weighted by Crippen LogP contribution is 2.62. The maximum Gasteiger partial charge on any atom is 0.337 e. The van der Waals surface area contributed by atoms with Crippen LogP contribution in [0, 0.1) is 17.8 Å². The van der Waals surface area contributed by atoms with E-state index in [0.717, 1.165) is 34.6 Å². The molecule has 3 aromatic rings. The van der Waals surface area contributed by atoms with Crippen LogP contribution >= 0.6 is 0 Å². The Balaban J connectivity index is 1.33. The highest BCUT2D eigenvalue weighted by Gasteiger charge is 2.52. The van der Waals surface area contributed by atoms with Crippen LogP contribution in [0.3, 0.4) is 0 Å². The van der Waals surface area contributed by atoms with Crippen molar-refractivity contribution in [1.82, 2.24) is 10.2 Å². The third-order valence-corrected chi connectivity index (χ3v) is 8.03. The highest BCUT2D eigenvalue weighted by molar-refractivity contribution is 5.89. The zero-order chi connectivity index (χ0) is 22.6. The molecule has 0 atom stereocenters. The van der Waals surface area contributed by atoms with Gasteiger partial charge in [-0.05, 0) is 104 Å². The lowest BCUT2D eigenvalue weighted by Gasteiger charge is -2.57. The number of benzene rings is 2. The second kappa shape index (κ2) is 7.72. The molecule has 4 fully saturated rings. The summed E-state index contributed by atoms with van der Waals surface area (Å²) < 4.78 is 16.6. The average Bonchev–Trinajstić information content (AvgIpc) is 3.33. The Kier molecular flexibility index (Phi) is 4.78. The van der Waals surface area contributed by atoms with Crippen molar-refractivity contribution in [2.24, 2.45) is 17.8 Å². The first-order chi connectivity index (χ1) is 16.1. The summed E-state index contributed by atoms with van der Waals surface area (Å²) in [6, 6.07) is 13.3. The number of nitrogens with zero attached hydrogens (tertiary/aromatic N) is 2. The van der Waals surface area contributed by atoms with E-state index < -0.39 is 0 Å². The van der Waals surface area contributed by atoms with Crippen molar-refractivity contribution in [3.05, 3.63) is 53.6 Å². The van der Waals surface area contributed by atoms with Crippen LogP contribution in [0.5, 0.6) is 5.75 Å². The Morgan fingerprint density at radius 3 is 2.03 bits per heavy atom. The lowest BCUT2D eigenvalue weighted by molar-refractivity contribution is -0.00614. The average molecular weight is 445 g/mol. The summed E-state index contributed by atoms with van der Waals surface area (Å²) in [6.45, 7) is 0. The molecule has 1 heterocycles. The molecule has 1 aromatic heterocycles. The van der Waals surface area contributed by atoms with Gasteiger partial charge >= 0.3 is 5.97 Å². The summed E-state index contributed by atoms with van der Waals surface area (Å²) in [6.07, 6.45) is 8.01. The number of hydrogen-bond donors (Lipinski definition) is 0. The number of aromatic nitrogens is 2. The quantitative estimate of drug-likeness (QED) is 0.472. The van der Waals surface area contributed by atoms with Gasteiger partial charge in [0, 0.05) is 16.7 Å². The minimum absolute atomic E-state index is 0.211. The molecule has 2 aromatic carbocycles. The van der Waals surface area contributed by atoms with Gasteiger partial charge in [0.05, 0.1) is 19.8 Å². The van der Waals surface area contributed by atoms with Crippen molar-refractivity contribution >= 4 is 5.97 Å². The van der Waals surface area contributed by atoms with Crippen molar-refractivity contribution in [2.75, 3.05) is 14.2 Å². The Morgan fingerprint density at radius 1 is 0.879 bits per heavy atom. The fourth-order valence-electron chi connectivity index (χ4n) is 7.02. The van der Waals surface area contributed by atoms with E-state index in [-0.39, 0.29) is 11.4 Å². The third kappa shape index (κ3) is 3.43. The Morgan fingerprint density at radius 2 is 1.45 bits per heavy atom. The minimum atomic E-state index is -0.372. The molecule has 7 rings (SSSR count). The molecular formula is C27H28N2O4. The smallest absolute Gasteiger partial charge is 0.337 e. The summed E-state index contributed by atoms with van der Waals surface area (Å²) in [5.74, 6) is 4.08. The molecule has 6 heteroatoms. The lowest BCUT2D eigenvalue weighted by atomic mass is 9.48. The van der Waals surface area contributed by atoms with E-state index >= 15 is 0 Å². The van der Waals surface area contributed by atoms with E-state index in [2.05, 4.69) is 22.3 Å². The first kappa shape index (κ1) is 20.5. The van der Waals surface area contributed by atoms with E-state index in [1.165, 1.54) is 51.2 Å². The second-order valence-corrected chi connectivity index (χ2v) is 10.1. The molecule has 0 radical (unpaired) electrons. The number of esters is 1. The van der Waals surface area contributed by atoms with E-state index in [4.69, 9.17) is 13.9 Å². The van der Waals surface area contributed by atoms with E-state index in [9.17, 15) is 4.79 Å². The van der Waals surface area contributed by atoms with Crippen LogP contribution in [0.1, 0.15) is 54.4 Å². The molecule has 0 unspecified atom stereocenters. The predicted octanol–water partition coefficient (Wildman–Crippen LogP) is 5.67. The largest absolute Gasteiger partial charge is 0.496 e. The third-order valence-electron chi connectivity index (χ3n) is 8.03. The summed E-state index contributed by atoms with van der Waals surface area (Å²) in [4.78, 5) is 11.7. The number of methoxy groups -OCH3 is 2. The first-order valence-corrected chi connectivity index (χ1v) is 11.8. The van der Waals surface area contributed by atoms with Crippen molar-refractivity contribution in [2.45, 2.75) is 43.9 Å². The molecule has 170 valence electrons. The molecule has 0 saturated heterocycles. The molecule has 4 bridgehead atoms. The van der Waals surface area contributed by atoms with Gasteiger partial charge in [0.2, 0.25) is 11.8 Å². The summed E-state index contributed by atoms with van der Waals surface area (Å²) in [5, 5.41) is 8.59. The molecule has 4 saturated carbocycles. The van der Waals surface area contributed by atoms with Crippen LogP contribution < -0.4 is 4.74 Å². The molecule has 4 aliphatic rings. The molecule has 6 nitrogen and oxygen atoms in total. The zero-order valence-corrected chi connectivity index (χ0v) is 19.0. The van der Waals surface area contributed by atoms with Crippen LogP contribution in [0.15, 0.2) is 46.9 Å². The Bertz CT molecular complexity index is 1160. The molecule has 0 spiro atoms. The van der Waals surface area contributed by atoms with Gasteiger partial charge in [0.25, 0.3) is 0 Å². The van der Waals surface area contributed by atoms with Crippen LogP contribution in [-0.4, -0.2) is 30.4 Å². The van der Waals surface area contributed by atoms with E-state index in [1.54, 1.807) is 31.4 Å². The van der Waals surface area contributed by atoms with Crippen molar-refractivity contribution in [3.8, 4) is 28.7 Å². The molecular weight excluding hydrogens is 416 g/mol. The van der Waals surface area contributed by atoms with Gasteiger partial charge in [0.15, 0.2) is 0 Å². The maximum atomic E-state index is 11.7. The molecule has 0 N–H and O–H groups in total. The van der Waals surface area contributed by atoms with Crippen molar-refractivity contribution in [3.63, 3.8) is 0 Å². The zero-order valence-electron chi connectivity index (χ0n) is 19.0. The van der Waals surface area contributed by atoms with Crippen LogP contribution in [-0.2, 0) is 10.2 Å². The Labute approximate surface area is 193 Å². The van der Waals surface area contributed by atoms with Gasteiger partial charge in [-0.3, -0.25) is 0 Å². The fraction of sp³-hybridized carbons (Fsp3) is 0.444. The van der Waals surface area contributed by atoms with Crippen LogP contribution in [0.2, 0.25) is 0 Å². The summed E-state index contributed by atoms with van der Waals surface area (Å²) in [7, 11) is 3.13. The second-order valence-electron chi connectivity index (χ2n) is 10.1. The van der Waals surface area contributed by atoms with Gasteiger partial charge in [-0.15, -0.1) is 10.2 Å². The van der Waals surface area contributed by atoms with E-state index in [0.29, 0.717) is 17.3 Å². The predicted molar refractivity (Wildman–Crippen MR) is 123 cm³/mol. The summed E-state index contributed by atoms with van der Waals surface area (Å²) >= 11 is 0. The normalized spacial score (nSPS) is 27.5. The molecule has 0 amide bonds. The summed E-state index contributed by atoms with van der Waals surface area (Å²) in [5.41, 5.74) is 3.69. The lowest BCUT2D eigenvalue weighted by Crippen LogP contribution is -2.48. The SMILES string of the molecule is COC(=O)c1ccc(-c2nnc(-c3ccc(OC)c(C45CC6CC(CC(C6)C4)C5)c3)o2)cc1. The number of carbonyl (C=O) groups is 1. The number of rotatable bonds is 5. The topological polar surface area (TPSA) is 74.5 Å². The van der Waals surface area contributed by atoms with Gasteiger partial charge in [-0.1, -0.05) is 0 Å². The number of ether oxygens (including phenoxy) is 2. The van der Waals surface area contributed by atoms with Crippen LogP contribution in [0.4, 0.5) is 0 Å². The minimum Gasteiger partial charge on any atom is -0.496 e. The van der Waals surface area contributed by atoms with Gasteiger partial charge in [-0.2, -0.15) is 0 Å². The highest BCUT2D eigenvalue weighted by atomic mass is 16.5. The molecule has 33 heavy (non-hydrogen) atoms. The van der Waals surface area contributed by atoms with Gasteiger partial charge in [-0.25, -0.2) is 4.79 Å². The van der Waals surface area contributed by atoms with Gasteiger partial charge < -0.3 is 13.9 Å². The van der Waals surface area contributed by atoms with E-state index in [1.807, 2.05) is 6.07 Å². The molecule has 0 aliphatic heterocycles. The first-order valence-electron chi connectivity index (χ1n) is 11.8. The van der Waals surface area contributed by atoms with Crippen molar-refractivity contribution < 1.29 is 18.7 Å². The van der Waals surface area contributed by atoms with Crippen LogP contribution in [0.25, 0.3) is 22.9 Å². The fourth-order valence-corrected chi connectivity index (χ4v) is 7.02. The maximum absolute atomic E-state index is 11.7. The van der Waals surface area contributed by atoms with Gasteiger partial charge in [0.1, 0.15) is 5.75 Å². The number of hydrogen-bond acceptors (Lipinski definition) is 6. The monoisotopic (exact) mass is 444 g/mol. The van der Waals surface area contributed by atoms with Crippen molar-refractivity contribution in [1.29, 1.82) is 0 Å². The number of carbonyl (C=O) groups excluding carboxylic acids is 1.